The molecule has 0 aromatic heterocycles. The van der Waals surface area contributed by atoms with Gasteiger partial charge >= 0.3 is 0 Å². The fraction of sp³-hybridized carbons (Fsp3) is 0.0714. The van der Waals surface area contributed by atoms with Gasteiger partial charge in [-0.15, -0.1) is 0 Å². The zero-order chi connectivity index (χ0) is 14.8. The van der Waals surface area contributed by atoms with Crippen LogP contribution in [0.1, 0.15) is 15.9 Å². The van der Waals surface area contributed by atoms with Crippen molar-refractivity contribution >= 4 is 21.6 Å². The molecule has 6 heteroatoms. The number of hydrogen-bond donors (Lipinski definition) is 2. The van der Waals surface area contributed by atoms with Gasteiger partial charge in [0.15, 0.2) is 0 Å². The van der Waals surface area contributed by atoms with Crippen LogP contribution in [0.5, 0.6) is 0 Å². The van der Waals surface area contributed by atoms with Gasteiger partial charge in [-0.3, -0.25) is 4.79 Å². The predicted molar refractivity (Wildman–Crippen MR) is 76.7 cm³/mol. The molecule has 0 unspecified atom stereocenters. The molecule has 2 rings (SSSR count). The molecule has 0 saturated heterocycles. The van der Waals surface area contributed by atoms with Crippen molar-refractivity contribution in [3.05, 3.63) is 59.7 Å². The van der Waals surface area contributed by atoms with Gasteiger partial charge in [-0.05, 0) is 42.8 Å². The Morgan fingerprint density at radius 1 is 1.10 bits per heavy atom. The zero-order valence-corrected chi connectivity index (χ0v) is 11.6. The molecule has 0 saturated carbocycles. The summed E-state index contributed by atoms with van der Waals surface area (Å²) in [5.41, 5.74) is 7.17. The number of sulfonamides is 1. The molecule has 1 amide bonds. The molecular weight excluding hydrogens is 276 g/mol. The molecule has 0 heterocycles. The number of nitrogens with one attached hydrogen (secondary N) is 1. The van der Waals surface area contributed by atoms with E-state index in [-0.39, 0.29) is 10.5 Å². The lowest BCUT2D eigenvalue weighted by Crippen LogP contribution is -2.30. The highest BCUT2D eigenvalue weighted by atomic mass is 32.2. The highest BCUT2D eigenvalue weighted by molar-refractivity contribution is 7.90. The number of hydrogen-bond acceptors (Lipinski definition) is 4. The normalized spacial score (nSPS) is 11.1. The number of aryl methyl sites for hydroxylation is 1. The van der Waals surface area contributed by atoms with Crippen LogP contribution in [-0.2, 0) is 10.0 Å². The maximum absolute atomic E-state index is 12.0. The number of rotatable bonds is 3. The quantitative estimate of drug-likeness (QED) is 0.842. The van der Waals surface area contributed by atoms with Crippen molar-refractivity contribution in [2.24, 2.45) is 0 Å². The van der Waals surface area contributed by atoms with Crippen LogP contribution in [0.2, 0.25) is 0 Å². The van der Waals surface area contributed by atoms with Gasteiger partial charge < -0.3 is 5.73 Å². The summed E-state index contributed by atoms with van der Waals surface area (Å²) in [7, 11) is -3.86. The fourth-order valence-electron chi connectivity index (χ4n) is 1.66. The Bertz CT molecular complexity index is 740. The molecule has 3 N–H and O–H groups in total. The van der Waals surface area contributed by atoms with Gasteiger partial charge in [-0.2, -0.15) is 0 Å². The number of benzene rings is 2. The summed E-state index contributed by atoms with van der Waals surface area (Å²) in [4.78, 5) is 12.0. The van der Waals surface area contributed by atoms with E-state index in [2.05, 4.69) is 0 Å². The Labute approximate surface area is 117 Å². The lowest BCUT2D eigenvalue weighted by molar-refractivity contribution is 0.0981. The molecular formula is C14H14N2O3S. The van der Waals surface area contributed by atoms with Crippen molar-refractivity contribution in [1.82, 2.24) is 4.72 Å². The third-order valence-corrected chi connectivity index (χ3v) is 4.16. The summed E-state index contributed by atoms with van der Waals surface area (Å²) in [5.74, 6) is -0.683. The summed E-state index contributed by atoms with van der Waals surface area (Å²) in [6.45, 7) is 1.75. The van der Waals surface area contributed by atoms with E-state index in [1.807, 2.05) is 4.72 Å². The van der Waals surface area contributed by atoms with E-state index in [0.717, 1.165) is 5.56 Å². The Morgan fingerprint density at radius 2 is 1.75 bits per heavy atom. The molecule has 0 aliphatic heterocycles. The van der Waals surface area contributed by atoms with E-state index >= 15 is 0 Å². The van der Waals surface area contributed by atoms with Gasteiger partial charge in [-0.25, -0.2) is 13.1 Å². The number of amides is 1. The summed E-state index contributed by atoms with van der Waals surface area (Å²) in [6, 6.07) is 12.3. The smallest absolute Gasteiger partial charge is 0.265 e. The van der Waals surface area contributed by atoms with Gasteiger partial charge in [0, 0.05) is 11.3 Å². The third kappa shape index (κ3) is 2.97. The molecule has 0 aliphatic rings. The molecule has 0 aliphatic carbocycles. The van der Waals surface area contributed by atoms with Crippen LogP contribution < -0.4 is 10.5 Å². The lowest BCUT2D eigenvalue weighted by Gasteiger charge is -2.08. The maximum atomic E-state index is 12.0. The first-order chi connectivity index (χ1) is 9.40. The molecule has 2 aromatic carbocycles. The van der Waals surface area contributed by atoms with Gasteiger partial charge in [0.2, 0.25) is 0 Å². The van der Waals surface area contributed by atoms with Gasteiger partial charge in [0.25, 0.3) is 15.9 Å². The number of carbonyl (C=O) groups is 1. The van der Waals surface area contributed by atoms with E-state index in [4.69, 9.17) is 5.73 Å². The van der Waals surface area contributed by atoms with Crippen molar-refractivity contribution in [3.63, 3.8) is 0 Å². The van der Waals surface area contributed by atoms with Crippen LogP contribution in [0.15, 0.2) is 53.4 Å². The SMILES string of the molecule is Cc1cc(C(=O)NS(=O)(=O)c2ccccc2)ccc1N. The Hall–Kier alpha value is -2.34. The van der Waals surface area contributed by atoms with Gasteiger partial charge in [0.05, 0.1) is 4.90 Å². The van der Waals surface area contributed by atoms with Crippen LogP contribution >= 0.6 is 0 Å². The Kier molecular flexibility index (Phi) is 3.76. The average Bonchev–Trinajstić information content (AvgIpc) is 2.42. The van der Waals surface area contributed by atoms with E-state index in [1.165, 1.54) is 18.2 Å². The molecule has 104 valence electrons. The second kappa shape index (κ2) is 5.34. The van der Waals surface area contributed by atoms with Gasteiger partial charge in [0.1, 0.15) is 0 Å². The summed E-state index contributed by atoms with van der Waals surface area (Å²) >= 11 is 0. The third-order valence-electron chi connectivity index (χ3n) is 2.81. The standard InChI is InChI=1S/C14H14N2O3S/c1-10-9-11(7-8-13(10)15)14(17)16-20(18,19)12-5-3-2-4-6-12/h2-9H,15H2,1H3,(H,16,17). The van der Waals surface area contributed by atoms with E-state index < -0.39 is 15.9 Å². The molecule has 0 radical (unpaired) electrons. The van der Waals surface area contributed by atoms with E-state index in [1.54, 1.807) is 37.3 Å². The maximum Gasteiger partial charge on any atom is 0.265 e. The first-order valence-corrected chi connectivity index (χ1v) is 7.37. The van der Waals surface area contributed by atoms with Crippen molar-refractivity contribution in [3.8, 4) is 0 Å². The van der Waals surface area contributed by atoms with Crippen molar-refractivity contribution in [2.75, 3.05) is 5.73 Å². The van der Waals surface area contributed by atoms with Crippen LogP contribution in [0.3, 0.4) is 0 Å². The van der Waals surface area contributed by atoms with Crippen molar-refractivity contribution < 1.29 is 13.2 Å². The molecule has 5 nitrogen and oxygen atoms in total. The first-order valence-electron chi connectivity index (χ1n) is 5.88. The fourth-order valence-corrected chi connectivity index (χ4v) is 2.65. The summed E-state index contributed by atoms with van der Waals surface area (Å²) < 4.78 is 26.1. The van der Waals surface area contributed by atoms with E-state index in [0.29, 0.717) is 5.69 Å². The molecule has 20 heavy (non-hydrogen) atoms. The number of nitrogen functional groups attached to an aromatic ring is 1. The molecule has 0 spiro atoms. The Balaban J connectivity index is 2.25. The topological polar surface area (TPSA) is 89.3 Å². The minimum atomic E-state index is -3.86. The summed E-state index contributed by atoms with van der Waals surface area (Å²) in [6.07, 6.45) is 0. The highest BCUT2D eigenvalue weighted by Gasteiger charge is 2.18. The van der Waals surface area contributed by atoms with Crippen LogP contribution in [0.4, 0.5) is 5.69 Å². The molecule has 0 fully saturated rings. The second-order valence-corrected chi connectivity index (χ2v) is 6.00. The van der Waals surface area contributed by atoms with Crippen molar-refractivity contribution in [2.45, 2.75) is 11.8 Å². The van der Waals surface area contributed by atoms with Crippen LogP contribution in [-0.4, -0.2) is 14.3 Å². The molecule has 0 bridgehead atoms. The number of carbonyl (C=O) groups excluding carboxylic acids is 1. The highest BCUT2D eigenvalue weighted by Crippen LogP contribution is 2.14. The average molecular weight is 290 g/mol. The minimum Gasteiger partial charge on any atom is -0.399 e. The minimum absolute atomic E-state index is 0.0421. The zero-order valence-electron chi connectivity index (χ0n) is 10.8. The second-order valence-electron chi connectivity index (χ2n) is 4.32. The first kappa shape index (κ1) is 14.1. The largest absolute Gasteiger partial charge is 0.399 e. The summed E-state index contributed by atoms with van der Waals surface area (Å²) in [5, 5.41) is 0. The van der Waals surface area contributed by atoms with Crippen LogP contribution in [0.25, 0.3) is 0 Å². The van der Waals surface area contributed by atoms with Crippen molar-refractivity contribution in [1.29, 1.82) is 0 Å². The van der Waals surface area contributed by atoms with Gasteiger partial charge in [-0.1, -0.05) is 18.2 Å². The van der Waals surface area contributed by atoms with Crippen LogP contribution in [0, 0.1) is 6.92 Å². The monoisotopic (exact) mass is 290 g/mol. The predicted octanol–water partition coefficient (Wildman–Crippen LogP) is 1.70. The lowest BCUT2D eigenvalue weighted by atomic mass is 10.1. The number of nitrogens with two attached hydrogens (primary N) is 1. The Morgan fingerprint density at radius 3 is 2.35 bits per heavy atom. The number of anilines is 1. The van der Waals surface area contributed by atoms with E-state index in [9.17, 15) is 13.2 Å². The molecule has 2 aromatic rings. The molecule has 0 atom stereocenters.